The van der Waals surface area contributed by atoms with Crippen molar-refractivity contribution >= 4 is 28.3 Å². The maximum absolute atomic E-state index is 14.5. The van der Waals surface area contributed by atoms with Gasteiger partial charge in [0.1, 0.15) is 0 Å². The number of fused-ring (bicyclic) bond motifs is 3. The number of rotatable bonds is 7. The summed E-state index contributed by atoms with van der Waals surface area (Å²) in [4.78, 5) is 47.7. The van der Waals surface area contributed by atoms with Gasteiger partial charge in [0.2, 0.25) is 11.8 Å². The van der Waals surface area contributed by atoms with Crippen LogP contribution in [0.5, 0.6) is 0 Å². The van der Waals surface area contributed by atoms with Crippen LogP contribution in [0.1, 0.15) is 42.6 Å². The Morgan fingerprint density at radius 3 is 2.47 bits per heavy atom. The first-order valence-corrected chi connectivity index (χ1v) is 15.1. The fourth-order valence-electron chi connectivity index (χ4n) is 7.01. The molecule has 0 bridgehead atoms. The average Bonchev–Trinajstić information content (AvgIpc) is 3.81. The Kier molecular flexibility index (Phi) is 6.74. The first kappa shape index (κ1) is 27.6. The Bertz CT molecular complexity index is 1710. The summed E-state index contributed by atoms with van der Waals surface area (Å²) < 4.78 is 0. The van der Waals surface area contributed by atoms with Crippen LogP contribution in [0.3, 0.4) is 0 Å². The van der Waals surface area contributed by atoms with E-state index in [1.54, 1.807) is 12.4 Å². The van der Waals surface area contributed by atoms with E-state index in [2.05, 4.69) is 39.5 Å². The molecule has 3 aliphatic rings. The van der Waals surface area contributed by atoms with Crippen molar-refractivity contribution in [3.63, 3.8) is 0 Å². The molecule has 5 heterocycles. The van der Waals surface area contributed by atoms with Gasteiger partial charge in [0.25, 0.3) is 0 Å². The number of amides is 2. The van der Waals surface area contributed by atoms with Crippen LogP contribution in [0.2, 0.25) is 0 Å². The number of benzene rings is 1. The molecule has 3 aromatic heterocycles. The first-order chi connectivity index (χ1) is 20.8. The minimum atomic E-state index is -0.669. The van der Waals surface area contributed by atoms with Gasteiger partial charge in [-0.1, -0.05) is 30.3 Å². The lowest BCUT2D eigenvalue weighted by Gasteiger charge is -2.39. The van der Waals surface area contributed by atoms with Gasteiger partial charge in [0.05, 0.1) is 40.8 Å². The van der Waals surface area contributed by atoms with Crippen molar-refractivity contribution in [2.75, 3.05) is 39.1 Å². The summed E-state index contributed by atoms with van der Waals surface area (Å²) in [7, 11) is 5.92. The molecule has 9 heteroatoms. The predicted octanol–water partition coefficient (Wildman–Crippen LogP) is 3.91. The molecule has 2 amide bonds. The SMILES string of the molecule is CNC1(C(=O)N2CCC3(CC2)C(=O)N(Cc2ncc4ccccc4c2-c2ccc(CN(C)C)nc2)c2cnccc23)CC1. The van der Waals surface area contributed by atoms with Gasteiger partial charge < -0.3 is 20.0 Å². The molecule has 4 aromatic rings. The molecule has 1 aromatic carbocycles. The van der Waals surface area contributed by atoms with Crippen molar-refractivity contribution in [1.82, 2.24) is 30.1 Å². The highest BCUT2D eigenvalue weighted by atomic mass is 16.2. The highest BCUT2D eigenvalue weighted by Crippen LogP contribution is 2.49. The summed E-state index contributed by atoms with van der Waals surface area (Å²) in [6.45, 7) is 2.21. The van der Waals surface area contributed by atoms with E-state index in [-0.39, 0.29) is 11.8 Å². The Labute approximate surface area is 251 Å². The van der Waals surface area contributed by atoms with E-state index in [9.17, 15) is 9.59 Å². The van der Waals surface area contributed by atoms with Crippen molar-refractivity contribution < 1.29 is 9.59 Å². The molecule has 0 atom stereocenters. The maximum Gasteiger partial charge on any atom is 0.242 e. The number of aromatic nitrogens is 3. The lowest BCUT2D eigenvalue weighted by Crippen LogP contribution is -2.54. The van der Waals surface area contributed by atoms with Crippen LogP contribution in [0, 0.1) is 0 Å². The van der Waals surface area contributed by atoms with Crippen molar-refractivity contribution in [3.8, 4) is 11.1 Å². The van der Waals surface area contributed by atoms with Gasteiger partial charge in [-0.15, -0.1) is 0 Å². The Morgan fingerprint density at radius 2 is 1.77 bits per heavy atom. The molecule has 220 valence electrons. The molecule has 2 fully saturated rings. The highest BCUT2D eigenvalue weighted by Gasteiger charge is 2.55. The summed E-state index contributed by atoms with van der Waals surface area (Å²) in [5, 5.41) is 5.34. The van der Waals surface area contributed by atoms with Crippen LogP contribution in [0.25, 0.3) is 21.9 Å². The minimum Gasteiger partial charge on any atom is -0.341 e. The standard InChI is InChI=1S/C34H37N7O2/c1-35-34(11-12-34)32(43)40-16-13-33(14-17-40)27-10-15-36-20-29(27)41(31(33)42)22-28-30(26-7-5-4-6-23(26)18-38-28)24-8-9-25(37-19-24)21-39(2)3/h4-10,15,18-20,35H,11-14,16-17,21-22H2,1-3H3. The number of pyridine rings is 3. The number of carbonyl (C=O) groups excluding carboxylic acids is 2. The zero-order valence-electron chi connectivity index (χ0n) is 25.0. The van der Waals surface area contributed by atoms with Crippen molar-refractivity contribution in [3.05, 3.63) is 84.2 Å². The lowest BCUT2D eigenvalue weighted by atomic mass is 9.74. The number of anilines is 1. The third-order valence-corrected chi connectivity index (χ3v) is 9.58. The second-order valence-electron chi connectivity index (χ2n) is 12.4. The molecule has 2 aliphatic heterocycles. The Hall–Kier alpha value is -4.21. The van der Waals surface area contributed by atoms with E-state index >= 15 is 0 Å². The van der Waals surface area contributed by atoms with Gasteiger partial charge in [-0.2, -0.15) is 0 Å². The van der Waals surface area contributed by atoms with Gasteiger partial charge in [-0.25, -0.2) is 0 Å². The number of hydrogen-bond acceptors (Lipinski definition) is 7. The average molecular weight is 576 g/mol. The van der Waals surface area contributed by atoms with E-state index in [0.717, 1.165) is 63.9 Å². The van der Waals surface area contributed by atoms with Crippen LogP contribution in [0.4, 0.5) is 5.69 Å². The molecule has 0 radical (unpaired) electrons. The molecule has 1 saturated heterocycles. The van der Waals surface area contributed by atoms with Crippen molar-refractivity contribution in [2.45, 2.75) is 49.7 Å². The van der Waals surface area contributed by atoms with Gasteiger partial charge in [0.15, 0.2) is 0 Å². The molecule has 1 N–H and O–H groups in total. The highest BCUT2D eigenvalue weighted by molar-refractivity contribution is 6.08. The molecule has 9 nitrogen and oxygen atoms in total. The summed E-state index contributed by atoms with van der Waals surface area (Å²) in [5.41, 5.74) is 4.54. The maximum atomic E-state index is 14.5. The summed E-state index contributed by atoms with van der Waals surface area (Å²) in [6, 6.07) is 14.4. The quantitative estimate of drug-likeness (QED) is 0.357. The fourth-order valence-corrected chi connectivity index (χ4v) is 7.01. The third kappa shape index (κ3) is 4.58. The second-order valence-corrected chi connectivity index (χ2v) is 12.4. The van der Waals surface area contributed by atoms with Crippen LogP contribution in [-0.2, 0) is 28.1 Å². The lowest BCUT2D eigenvalue weighted by molar-refractivity contribution is -0.138. The van der Waals surface area contributed by atoms with E-state index in [1.807, 2.05) is 61.5 Å². The smallest absolute Gasteiger partial charge is 0.242 e. The fraction of sp³-hybridized carbons (Fsp3) is 0.382. The molecule has 1 spiro atoms. The predicted molar refractivity (Wildman–Crippen MR) is 166 cm³/mol. The van der Waals surface area contributed by atoms with E-state index in [4.69, 9.17) is 9.97 Å². The topological polar surface area (TPSA) is 94.6 Å². The van der Waals surface area contributed by atoms with Crippen molar-refractivity contribution in [1.29, 1.82) is 0 Å². The molecule has 1 saturated carbocycles. The van der Waals surface area contributed by atoms with Gasteiger partial charge in [-0.05, 0) is 69.9 Å². The minimum absolute atomic E-state index is 0.0673. The zero-order valence-corrected chi connectivity index (χ0v) is 25.0. The van der Waals surface area contributed by atoms with Crippen molar-refractivity contribution in [2.24, 2.45) is 0 Å². The molecular formula is C34H37N7O2. The molecule has 7 rings (SSSR count). The number of carbonyl (C=O) groups is 2. The molecule has 0 unspecified atom stereocenters. The number of hydrogen-bond donors (Lipinski definition) is 1. The Balaban J connectivity index is 1.23. The zero-order chi connectivity index (χ0) is 29.8. The van der Waals surface area contributed by atoms with Gasteiger partial charge in [-0.3, -0.25) is 24.5 Å². The number of likely N-dealkylation sites (N-methyl/N-ethyl adjacent to an activating group) is 1. The first-order valence-electron chi connectivity index (χ1n) is 15.1. The summed E-state index contributed by atoms with van der Waals surface area (Å²) in [6.07, 6.45) is 10.3. The van der Waals surface area contributed by atoms with Gasteiger partial charge >= 0.3 is 0 Å². The molecular weight excluding hydrogens is 538 g/mol. The number of nitrogens with one attached hydrogen (secondary N) is 1. The molecule has 43 heavy (non-hydrogen) atoms. The number of likely N-dealkylation sites (tertiary alicyclic amines) is 1. The Morgan fingerprint density at radius 1 is 0.977 bits per heavy atom. The summed E-state index contributed by atoms with van der Waals surface area (Å²) in [5.74, 6) is 0.232. The third-order valence-electron chi connectivity index (χ3n) is 9.58. The van der Waals surface area contributed by atoms with E-state index < -0.39 is 11.0 Å². The van der Waals surface area contributed by atoms with Crippen LogP contribution >= 0.6 is 0 Å². The summed E-state index contributed by atoms with van der Waals surface area (Å²) >= 11 is 0. The second kappa shape index (κ2) is 10.5. The normalized spacial score (nSPS) is 18.5. The van der Waals surface area contributed by atoms with Crippen LogP contribution in [-0.4, -0.2) is 76.3 Å². The van der Waals surface area contributed by atoms with Gasteiger partial charge in [0, 0.05) is 54.7 Å². The van der Waals surface area contributed by atoms with Crippen LogP contribution in [0.15, 0.2) is 67.3 Å². The monoisotopic (exact) mass is 575 g/mol. The number of nitrogens with zero attached hydrogens (tertiary/aromatic N) is 6. The number of piperidine rings is 1. The van der Waals surface area contributed by atoms with E-state index in [1.165, 1.54) is 0 Å². The van der Waals surface area contributed by atoms with Crippen LogP contribution < -0.4 is 10.2 Å². The van der Waals surface area contributed by atoms with E-state index in [0.29, 0.717) is 32.5 Å². The largest absolute Gasteiger partial charge is 0.341 e. The molecule has 1 aliphatic carbocycles.